The highest BCUT2D eigenvalue weighted by Gasteiger charge is 2.42. The summed E-state index contributed by atoms with van der Waals surface area (Å²) in [4.78, 5) is 13.2. The van der Waals surface area contributed by atoms with Gasteiger partial charge in [0.1, 0.15) is 5.82 Å². The Morgan fingerprint density at radius 1 is 1.11 bits per heavy atom. The Labute approximate surface area is 161 Å². The van der Waals surface area contributed by atoms with Crippen LogP contribution < -0.4 is 5.32 Å². The molecule has 1 aromatic heterocycles. The Morgan fingerprint density at radius 3 is 2.54 bits per heavy atom. The number of amides is 1. The second-order valence-electron chi connectivity index (χ2n) is 5.59. The van der Waals surface area contributed by atoms with Crippen molar-refractivity contribution in [1.82, 2.24) is 20.3 Å². The van der Waals surface area contributed by atoms with Gasteiger partial charge in [-0.25, -0.2) is 9.07 Å². The zero-order valence-corrected chi connectivity index (χ0v) is 15.1. The summed E-state index contributed by atoms with van der Waals surface area (Å²) in [6, 6.07) is 13.8. The molecule has 0 bridgehead atoms. The van der Waals surface area contributed by atoms with Crippen molar-refractivity contribution in [3.63, 3.8) is 0 Å². The van der Waals surface area contributed by atoms with E-state index in [0.29, 0.717) is 10.4 Å². The number of alkyl halides is 3. The number of carbonyl (C=O) groups excluding carboxylic acids is 1. The van der Waals surface area contributed by atoms with Gasteiger partial charge in [0.15, 0.2) is 11.4 Å². The van der Waals surface area contributed by atoms with Gasteiger partial charge >= 0.3 is 6.18 Å². The average molecular weight is 410 g/mol. The maximum absolute atomic E-state index is 13.5. The largest absolute Gasteiger partial charge is 0.435 e. The predicted molar refractivity (Wildman–Crippen MR) is 95.8 cm³/mol. The lowest BCUT2D eigenvalue weighted by molar-refractivity contribution is -0.143. The van der Waals surface area contributed by atoms with Crippen LogP contribution in [0.15, 0.2) is 59.5 Å². The van der Waals surface area contributed by atoms with Crippen molar-refractivity contribution in [2.75, 3.05) is 12.3 Å². The number of hydrogen-bond acceptors (Lipinski definition) is 4. The Kier molecular flexibility index (Phi) is 5.98. The lowest BCUT2D eigenvalue weighted by atomic mass is 10.2. The number of thioether (sulfide) groups is 1. The molecule has 1 N–H and O–H groups in total. The molecule has 0 atom stereocenters. The molecule has 0 aliphatic rings. The van der Waals surface area contributed by atoms with E-state index < -0.39 is 29.3 Å². The molecular weight excluding hydrogens is 396 g/mol. The monoisotopic (exact) mass is 410 g/mol. The molecule has 0 unspecified atom stereocenters. The third kappa shape index (κ3) is 4.69. The molecule has 0 saturated carbocycles. The molecule has 1 amide bonds. The molecular formula is C18H14F4N4OS. The Morgan fingerprint density at radius 2 is 1.86 bits per heavy atom. The lowest BCUT2D eigenvalue weighted by Crippen LogP contribution is -2.29. The van der Waals surface area contributed by atoms with Crippen molar-refractivity contribution < 1.29 is 22.4 Å². The van der Waals surface area contributed by atoms with Gasteiger partial charge in [0.2, 0.25) is 0 Å². The summed E-state index contributed by atoms with van der Waals surface area (Å²) >= 11 is 1.45. The minimum absolute atomic E-state index is 0.141. The summed E-state index contributed by atoms with van der Waals surface area (Å²) in [6.07, 6.45) is -4.90. The van der Waals surface area contributed by atoms with Crippen molar-refractivity contribution in [2.45, 2.75) is 11.1 Å². The summed E-state index contributed by atoms with van der Waals surface area (Å²) in [6.45, 7) is 0.141. The van der Waals surface area contributed by atoms with Crippen LogP contribution >= 0.6 is 11.8 Å². The van der Waals surface area contributed by atoms with E-state index in [4.69, 9.17) is 0 Å². The number of benzene rings is 2. The molecule has 2 aromatic carbocycles. The van der Waals surface area contributed by atoms with E-state index >= 15 is 0 Å². The predicted octanol–water partition coefficient (Wildman–Crippen LogP) is 3.95. The summed E-state index contributed by atoms with van der Waals surface area (Å²) < 4.78 is 54.3. The zero-order valence-electron chi connectivity index (χ0n) is 14.3. The van der Waals surface area contributed by atoms with E-state index in [9.17, 15) is 22.4 Å². The normalized spacial score (nSPS) is 11.4. The van der Waals surface area contributed by atoms with E-state index in [1.165, 1.54) is 23.9 Å². The van der Waals surface area contributed by atoms with Gasteiger partial charge in [0.05, 0.1) is 5.69 Å². The molecule has 3 aromatic rings. The molecule has 0 aliphatic heterocycles. The van der Waals surface area contributed by atoms with Gasteiger partial charge in [0.25, 0.3) is 5.91 Å². The molecule has 0 fully saturated rings. The standard InChI is InChI=1S/C18H14F4N4OS/c19-12-5-4-6-13(11-12)26-16(18(20,21)22)15(24-25-26)17(27)23-9-10-28-14-7-2-1-3-8-14/h1-8,11H,9-10H2,(H,23,27). The minimum Gasteiger partial charge on any atom is -0.350 e. The topological polar surface area (TPSA) is 59.8 Å². The maximum Gasteiger partial charge on any atom is 0.435 e. The number of aromatic nitrogens is 3. The van der Waals surface area contributed by atoms with Gasteiger partial charge in [-0.2, -0.15) is 13.2 Å². The van der Waals surface area contributed by atoms with Gasteiger partial charge in [-0.3, -0.25) is 4.79 Å². The molecule has 10 heteroatoms. The molecule has 146 valence electrons. The second kappa shape index (κ2) is 8.42. The first-order valence-corrected chi connectivity index (χ1v) is 9.09. The van der Waals surface area contributed by atoms with Crippen LogP contribution in [0.25, 0.3) is 5.69 Å². The lowest BCUT2D eigenvalue weighted by Gasteiger charge is -2.11. The van der Waals surface area contributed by atoms with Crippen molar-refractivity contribution in [3.8, 4) is 5.69 Å². The van der Waals surface area contributed by atoms with Crippen LogP contribution in [0.2, 0.25) is 0 Å². The van der Waals surface area contributed by atoms with Gasteiger partial charge in [0, 0.05) is 17.2 Å². The first-order chi connectivity index (χ1) is 13.4. The number of hydrogen-bond donors (Lipinski definition) is 1. The maximum atomic E-state index is 13.5. The van der Waals surface area contributed by atoms with E-state index in [1.54, 1.807) is 0 Å². The smallest absolute Gasteiger partial charge is 0.350 e. The first-order valence-electron chi connectivity index (χ1n) is 8.11. The third-order valence-electron chi connectivity index (χ3n) is 3.61. The van der Waals surface area contributed by atoms with E-state index in [1.807, 2.05) is 30.3 Å². The zero-order chi connectivity index (χ0) is 20.1. The molecule has 3 rings (SSSR count). The van der Waals surface area contributed by atoms with Crippen molar-refractivity contribution in [1.29, 1.82) is 0 Å². The van der Waals surface area contributed by atoms with Crippen molar-refractivity contribution >= 4 is 17.7 Å². The Bertz CT molecular complexity index is 960. The van der Waals surface area contributed by atoms with Crippen LogP contribution in [0.3, 0.4) is 0 Å². The molecule has 1 heterocycles. The molecule has 0 saturated heterocycles. The molecule has 0 spiro atoms. The summed E-state index contributed by atoms with van der Waals surface area (Å²) in [5, 5.41) is 9.19. The Hall–Kier alpha value is -2.88. The minimum atomic E-state index is -4.90. The van der Waals surface area contributed by atoms with Crippen LogP contribution in [0.4, 0.5) is 17.6 Å². The van der Waals surface area contributed by atoms with Crippen LogP contribution in [-0.4, -0.2) is 33.2 Å². The molecule has 28 heavy (non-hydrogen) atoms. The van der Waals surface area contributed by atoms with Crippen molar-refractivity contribution in [3.05, 3.63) is 71.8 Å². The third-order valence-corrected chi connectivity index (χ3v) is 4.62. The van der Waals surface area contributed by atoms with Gasteiger partial charge in [-0.15, -0.1) is 16.9 Å². The SMILES string of the molecule is O=C(NCCSc1ccccc1)c1nnn(-c2cccc(F)c2)c1C(F)(F)F. The Balaban J connectivity index is 1.75. The van der Waals surface area contributed by atoms with Crippen LogP contribution in [-0.2, 0) is 6.18 Å². The van der Waals surface area contributed by atoms with Gasteiger partial charge in [-0.05, 0) is 30.3 Å². The van der Waals surface area contributed by atoms with E-state index in [2.05, 4.69) is 15.6 Å². The molecule has 0 radical (unpaired) electrons. The van der Waals surface area contributed by atoms with Crippen LogP contribution in [0.1, 0.15) is 16.2 Å². The van der Waals surface area contributed by atoms with Gasteiger partial charge in [-0.1, -0.05) is 29.5 Å². The molecule has 0 aliphatic carbocycles. The van der Waals surface area contributed by atoms with Crippen LogP contribution in [0, 0.1) is 5.82 Å². The van der Waals surface area contributed by atoms with Gasteiger partial charge < -0.3 is 5.32 Å². The summed E-state index contributed by atoms with van der Waals surface area (Å²) in [5.74, 6) is -1.26. The van der Waals surface area contributed by atoms with E-state index in [0.717, 1.165) is 17.0 Å². The fourth-order valence-electron chi connectivity index (χ4n) is 2.41. The quantitative estimate of drug-likeness (QED) is 0.380. The fraction of sp³-hybridized carbons (Fsp3) is 0.167. The van der Waals surface area contributed by atoms with Crippen molar-refractivity contribution in [2.24, 2.45) is 0 Å². The highest BCUT2D eigenvalue weighted by Crippen LogP contribution is 2.32. The average Bonchev–Trinajstić information content (AvgIpc) is 3.12. The molecule has 5 nitrogen and oxygen atoms in total. The summed E-state index contributed by atoms with van der Waals surface area (Å²) in [5.41, 5.74) is -2.40. The number of nitrogens with one attached hydrogen (secondary N) is 1. The number of rotatable bonds is 6. The summed E-state index contributed by atoms with van der Waals surface area (Å²) in [7, 11) is 0. The first kappa shape index (κ1) is 19.9. The number of halogens is 4. The fourth-order valence-corrected chi connectivity index (χ4v) is 3.20. The number of nitrogens with zero attached hydrogens (tertiary/aromatic N) is 3. The highest BCUT2D eigenvalue weighted by atomic mass is 32.2. The van der Waals surface area contributed by atoms with Crippen LogP contribution in [0.5, 0.6) is 0 Å². The second-order valence-corrected chi connectivity index (χ2v) is 6.76. The number of carbonyl (C=O) groups is 1. The highest BCUT2D eigenvalue weighted by molar-refractivity contribution is 7.99. The van der Waals surface area contributed by atoms with E-state index in [-0.39, 0.29) is 12.2 Å².